The molecule has 118 valence electrons. The molecule has 1 aromatic rings. The molecular weight excluding hydrogens is 268 g/mol. The number of nitrogens with one attached hydrogen (secondary N) is 1. The van der Waals surface area contributed by atoms with Gasteiger partial charge in [-0.2, -0.15) is 0 Å². The Kier molecular flexibility index (Phi) is 7.36. The van der Waals surface area contributed by atoms with Crippen LogP contribution in [0.15, 0.2) is 30.3 Å². The van der Waals surface area contributed by atoms with E-state index in [1.54, 1.807) is 0 Å². The van der Waals surface area contributed by atoms with E-state index < -0.39 is 18.1 Å². The van der Waals surface area contributed by atoms with E-state index in [1.807, 2.05) is 44.2 Å². The van der Waals surface area contributed by atoms with Crippen molar-refractivity contribution in [2.75, 3.05) is 6.61 Å². The first-order chi connectivity index (χ1) is 9.93. The molecule has 0 aliphatic rings. The Morgan fingerprint density at radius 1 is 1.29 bits per heavy atom. The highest BCUT2D eigenvalue weighted by Gasteiger charge is 2.25. The number of rotatable bonds is 8. The molecule has 0 heterocycles. The Morgan fingerprint density at radius 2 is 1.90 bits per heavy atom. The summed E-state index contributed by atoms with van der Waals surface area (Å²) in [6.07, 6.45) is -0.210. The van der Waals surface area contributed by atoms with Gasteiger partial charge in [0.1, 0.15) is 6.10 Å². The Hall–Kier alpha value is -1.43. The van der Waals surface area contributed by atoms with E-state index in [2.05, 4.69) is 5.32 Å². The minimum absolute atomic E-state index is 0.148. The molecule has 0 radical (unpaired) electrons. The van der Waals surface area contributed by atoms with Crippen molar-refractivity contribution in [2.45, 2.75) is 44.9 Å². The third-order valence-electron chi connectivity index (χ3n) is 3.31. The molecule has 1 amide bonds. The van der Waals surface area contributed by atoms with E-state index in [1.165, 1.54) is 0 Å². The molecule has 0 fully saturated rings. The lowest BCUT2D eigenvalue weighted by atomic mass is 10.0. The molecule has 1 rings (SSSR count). The number of aliphatic hydroxyl groups is 2. The van der Waals surface area contributed by atoms with Gasteiger partial charge in [0, 0.05) is 6.04 Å². The maximum atomic E-state index is 12.0. The summed E-state index contributed by atoms with van der Waals surface area (Å²) in [5, 5.41) is 21.9. The molecule has 0 aliphatic heterocycles. The fourth-order valence-corrected chi connectivity index (χ4v) is 2.23. The molecule has 0 unspecified atom stereocenters. The van der Waals surface area contributed by atoms with E-state index in [0.29, 0.717) is 18.8 Å². The van der Waals surface area contributed by atoms with Crippen LogP contribution in [0, 0.1) is 5.92 Å². The van der Waals surface area contributed by atoms with Gasteiger partial charge in [0.25, 0.3) is 5.91 Å². The summed E-state index contributed by atoms with van der Waals surface area (Å²) in [6.45, 7) is 3.86. The Morgan fingerprint density at radius 3 is 2.43 bits per heavy atom. The average Bonchev–Trinajstić information content (AvgIpc) is 2.46. The summed E-state index contributed by atoms with van der Waals surface area (Å²) < 4.78 is 0. The van der Waals surface area contributed by atoms with Crippen LogP contribution in [0.25, 0.3) is 0 Å². The summed E-state index contributed by atoms with van der Waals surface area (Å²) in [5.74, 6) is -0.185. The van der Waals surface area contributed by atoms with Crippen LogP contribution in [-0.4, -0.2) is 40.9 Å². The number of hydrogen-bond donors (Lipinski definition) is 4. The topological polar surface area (TPSA) is 95.6 Å². The van der Waals surface area contributed by atoms with Gasteiger partial charge in [-0.25, -0.2) is 0 Å². The highest BCUT2D eigenvalue weighted by molar-refractivity contribution is 5.81. The first-order valence-corrected chi connectivity index (χ1v) is 7.32. The molecule has 0 aliphatic carbocycles. The van der Waals surface area contributed by atoms with Crippen molar-refractivity contribution in [1.29, 1.82) is 0 Å². The number of benzene rings is 1. The summed E-state index contributed by atoms with van der Waals surface area (Å²) in [7, 11) is 0. The van der Waals surface area contributed by atoms with E-state index in [9.17, 15) is 15.0 Å². The van der Waals surface area contributed by atoms with Crippen LogP contribution in [0.2, 0.25) is 0 Å². The van der Waals surface area contributed by atoms with Gasteiger partial charge in [-0.1, -0.05) is 44.2 Å². The van der Waals surface area contributed by atoms with Gasteiger partial charge in [-0.3, -0.25) is 4.79 Å². The van der Waals surface area contributed by atoms with Crippen molar-refractivity contribution in [3.8, 4) is 0 Å². The van der Waals surface area contributed by atoms with Gasteiger partial charge < -0.3 is 21.3 Å². The van der Waals surface area contributed by atoms with Crippen molar-refractivity contribution in [2.24, 2.45) is 11.7 Å². The molecule has 0 saturated heterocycles. The standard InChI is InChI=1S/C16H26N2O3/c1-11(2)8-13(10-19)18-16(21)15(20)14(17)9-12-6-4-3-5-7-12/h3-7,11,13-15,19-20H,8-10,17H2,1-2H3,(H,18,21)/t13-,14+,15-/m0/s1. The predicted molar refractivity (Wildman–Crippen MR) is 82.6 cm³/mol. The summed E-state index contributed by atoms with van der Waals surface area (Å²) in [5.41, 5.74) is 6.87. The number of carbonyl (C=O) groups is 1. The van der Waals surface area contributed by atoms with Crippen molar-refractivity contribution >= 4 is 5.91 Å². The Balaban J connectivity index is 2.52. The normalized spacial score (nSPS) is 15.5. The van der Waals surface area contributed by atoms with E-state index >= 15 is 0 Å². The molecule has 1 aromatic carbocycles. The molecule has 3 atom stereocenters. The monoisotopic (exact) mass is 294 g/mol. The second-order valence-corrected chi connectivity index (χ2v) is 5.82. The van der Waals surface area contributed by atoms with Crippen molar-refractivity contribution in [1.82, 2.24) is 5.32 Å². The zero-order chi connectivity index (χ0) is 15.8. The van der Waals surface area contributed by atoms with Gasteiger partial charge in [0.2, 0.25) is 0 Å². The lowest BCUT2D eigenvalue weighted by Crippen LogP contribution is -2.51. The lowest BCUT2D eigenvalue weighted by molar-refractivity contribution is -0.131. The predicted octanol–water partition coefficient (Wildman–Crippen LogP) is 0.441. The van der Waals surface area contributed by atoms with Gasteiger partial charge >= 0.3 is 0 Å². The summed E-state index contributed by atoms with van der Waals surface area (Å²) in [6, 6.07) is 8.45. The molecule has 0 bridgehead atoms. The molecule has 0 aromatic heterocycles. The zero-order valence-corrected chi connectivity index (χ0v) is 12.7. The average molecular weight is 294 g/mol. The Bertz CT molecular complexity index is 423. The maximum Gasteiger partial charge on any atom is 0.250 e. The lowest BCUT2D eigenvalue weighted by Gasteiger charge is -2.23. The fourth-order valence-electron chi connectivity index (χ4n) is 2.23. The van der Waals surface area contributed by atoms with Gasteiger partial charge in [-0.05, 0) is 24.3 Å². The third-order valence-corrected chi connectivity index (χ3v) is 3.31. The number of amides is 1. The first kappa shape index (κ1) is 17.6. The number of aliphatic hydroxyl groups excluding tert-OH is 2. The van der Waals surface area contributed by atoms with E-state index in [4.69, 9.17) is 5.73 Å². The SMILES string of the molecule is CC(C)C[C@@H](CO)NC(=O)[C@@H](O)[C@H](N)Cc1ccccc1. The number of carbonyl (C=O) groups excluding carboxylic acids is 1. The number of nitrogens with two attached hydrogens (primary N) is 1. The van der Waals surface area contributed by atoms with Crippen LogP contribution in [0.1, 0.15) is 25.8 Å². The molecular formula is C16H26N2O3. The van der Waals surface area contributed by atoms with Crippen molar-refractivity contribution < 1.29 is 15.0 Å². The van der Waals surface area contributed by atoms with Crippen LogP contribution < -0.4 is 11.1 Å². The molecule has 0 saturated carbocycles. The van der Waals surface area contributed by atoms with Crippen LogP contribution >= 0.6 is 0 Å². The van der Waals surface area contributed by atoms with Crippen LogP contribution in [-0.2, 0) is 11.2 Å². The molecule has 5 heteroatoms. The van der Waals surface area contributed by atoms with Gasteiger partial charge in [0.05, 0.1) is 12.6 Å². The fraction of sp³-hybridized carbons (Fsp3) is 0.562. The zero-order valence-electron chi connectivity index (χ0n) is 12.7. The molecule has 5 nitrogen and oxygen atoms in total. The number of hydrogen-bond acceptors (Lipinski definition) is 4. The third kappa shape index (κ3) is 6.25. The van der Waals surface area contributed by atoms with E-state index in [0.717, 1.165) is 5.56 Å². The minimum Gasteiger partial charge on any atom is -0.394 e. The second kappa shape index (κ2) is 8.77. The largest absolute Gasteiger partial charge is 0.394 e. The van der Waals surface area contributed by atoms with Crippen molar-refractivity contribution in [3.63, 3.8) is 0 Å². The highest BCUT2D eigenvalue weighted by Crippen LogP contribution is 2.07. The van der Waals surface area contributed by atoms with E-state index in [-0.39, 0.29) is 12.6 Å². The highest BCUT2D eigenvalue weighted by atomic mass is 16.3. The summed E-state index contributed by atoms with van der Waals surface area (Å²) in [4.78, 5) is 12.0. The van der Waals surface area contributed by atoms with Crippen LogP contribution in [0.4, 0.5) is 0 Å². The quantitative estimate of drug-likeness (QED) is 0.559. The van der Waals surface area contributed by atoms with Crippen LogP contribution in [0.5, 0.6) is 0 Å². The Labute approximate surface area is 126 Å². The molecule has 0 spiro atoms. The second-order valence-electron chi connectivity index (χ2n) is 5.82. The van der Waals surface area contributed by atoms with Crippen molar-refractivity contribution in [3.05, 3.63) is 35.9 Å². The molecule has 5 N–H and O–H groups in total. The van der Waals surface area contributed by atoms with Gasteiger partial charge in [0.15, 0.2) is 0 Å². The maximum absolute atomic E-state index is 12.0. The van der Waals surface area contributed by atoms with Crippen LogP contribution in [0.3, 0.4) is 0 Å². The van der Waals surface area contributed by atoms with Gasteiger partial charge in [-0.15, -0.1) is 0 Å². The minimum atomic E-state index is -1.29. The molecule has 21 heavy (non-hydrogen) atoms. The smallest absolute Gasteiger partial charge is 0.250 e. The summed E-state index contributed by atoms with van der Waals surface area (Å²) >= 11 is 0. The first-order valence-electron chi connectivity index (χ1n) is 7.32.